The second kappa shape index (κ2) is 16.1. The van der Waals surface area contributed by atoms with Gasteiger partial charge in [0, 0.05) is 33.2 Å². The van der Waals surface area contributed by atoms with Crippen molar-refractivity contribution in [2.45, 2.75) is 0 Å². The van der Waals surface area contributed by atoms with Crippen LogP contribution in [0.5, 0.6) is 0 Å². The molecule has 10 aromatic carbocycles. The molecular formula is C60H42N2. The standard InChI is InChI=1S/C60H42N2/c1-4-21-43(22-5-1)48-27-10-11-32-54(48)60-51(45-25-8-3-9-26-45)33-20-38-59(60)61(55-34-16-12-28-49(55)44-23-6-2-7-24-44)47-41-39-46(40-42-47)50-29-13-17-35-56(50)62-57-36-18-14-30-52(57)53-31-15-19-37-58(53)62/h1-42H. The molecule has 0 bridgehead atoms. The van der Waals surface area contributed by atoms with Gasteiger partial charge in [0.2, 0.25) is 0 Å². The minimum absolute atomic E-state index is 1.06. The first-order chi connectivity index (χ1) is 30.8. The van der Waals surface area contributed by atoms with E-state index in [2.05, 4.69) is 264 Å². The summed E-state index contributed by atoms with van der Waals surface area (Å²) in [6.45, 7) is 0. The molecule has 62 heavy (non-hydrogen) atoms. The molecule has 0 aliphatic carbocycles. The Morgan fingerprint density at radius 3 is 1.31 bits per heavy atom. The molecule has 1 heterocycles. The maximum atomic E-state index is 2.47. The van der Waals surface area contributed by atoms with E-state index in [1.165, 1.54) is 60.8 Å². The summed E-state index contributed by atoms with van der Waals surface area (Å²) in [6.07, 6.45) is 0. The van der Waals surface area contributed by atoms with Gasteiger partial charge in [0.25, 0.3) is 0 Å². The summed E-state index contributed by atoms with van der Waals surface area (Å²) < 4.78 is 2.42. The molecule has 11 rings (SSSR count). The second-order valence-corrected chi connectivity index (χ2v) is 15.6. The molecule has 0 aliphatic heterocycles. The highest BCUT2D eigenvalue weighted by atomic mass is 15.1. The Kier molecular flexibility index (Phi) is 9.57. The van der Waals surface area contributed by atoms with Crippen molar-refractivity contribution in [2.24, 2.45) is 0 Å². The van der Waals surface area contributed by atoms with Gasteiger partial charge in [-0.05, 0) is 81.4 Å². The van der Waals surface area contributed by atoms with Crippen LogP contribution in [-0.2, 0) is 0 Å². The summed E-state index contributed by atoms with van der Waals surface area (Å²) in [6, 6.07) is 92.1. The van der Waals surface area contributed by atoms with E-state index in [0.717, 1.165) is 39.4 Å². The zero-order valence-corrected chi connectivity index (χ0v) is 34.1. The number of benzene rings is 10. The van der Waals surface area contributed by atoms with Gasteiger partial charge in [0.1, 0.15) is 0 Å². The van der Waals surface area contributed by atoms with Crippen molar-refractivity contribution in [2.75, 3.05) is 4.90 Å². The van der Waals surface area contributed by atoms with Crippen LogP contribution in [0.1, 0.15) is 0 Å². The van der Waals surface area contributed by atoms with Crippen LogP contribution in [0.4, 0.5) is 17.1 Å². The van der Waals surface area contributed by atoms with Gasteiger partial charge >= 0.3 is 0 Å². The molecule has 292 valence electrons. The molecule has 0 aliphatic rings. The third kappa shape index (κ3) is 6.56. The number of para-hydroxylation sites is 4. The summed E-state index contributed by atoms with van der Waals surface area (Å²) in [5.74, 6) is 0. The number of hydrogen-bond acceptors (Lipinski definition) is 1. The van der Waals surface area contributed by atoms with Crippen LogP contribution in [0, 0.1) is 0 Å². The molecule has 0 unspecified atom stereocenters. The van der Waals surface area contributed by atoms with Crippen LogP contribution in [0.15, 0.2) is 255 Å². The van der Waals surface area contributed by atoms with E-state index in [1.807, 2.05) is 0 Å². The summed E-state index contributed by atoms with van der Waals surface area (Å²) in [4.78, 5) is 2.47. The fourth-order valence-electron chi connectivity index (χ4n) is 9.26. The van der Waals surface area contributed by atoms with Crippen molar-refractivity contribution < 1.29 is 0 Å². The van der Waals surface area contributed by atoms with Crippen LogP contribution < -0.4 is 4.90 Å². The SMILES string of the molecule is c1ccc(-c2ccccc2-c2c(-c3ccccc3)cccc2N(c2ccc(-c3ccccc3-n3c4ccccc4c4ccccc43)cc2)c2ccccc2-c2ccccc2)cc1. The van der Waals surface area contributed by atoms with Crippen molar-refractivity contribution in [1.82, 2.24) is 4.57 Å². The molecule has 11 aromatic rings. The van der Waals surface area contributed by atoms with Gasteiger partial charge in [0.15, 0.2) is 0 Å². The number of nitrogens with zero attached hydrogens (tertiary/aromatic N) is 2. The normalized spacial score (nSPS) is 11.2. The molecule has 2 nitrogen and oxygen atoms in total. The number of aromatic nitrogens is 1. The van der Waals surface area contributed by atoms with Gasteiger partial charge in [-0.3, -0.25) is 0 Å². The number of anilines is 3. The van der Waals surface area contributed by atoms with E-state index in [4.69, 9.17) is 0 Å². The van der Waals surface area contributed by atoms with E-state index in [9.17, 15) is 0 Å². The fraction of sp³-hybridized carbons (Fsp3) is 0. The molecule has 0 radical (unpaired) electrons. The zero-order valence-electron chi connectivity index (χ0n) is 34.1. The van der Waals surface area contributed by atoms with E-state index >= 15 is 0 Å². The highest BCUT2D eigenvalue weighted by Crippen LogP contribution is 2.50. The predicted octanol–water partition coefficient (Wildman–Crippen LogP) is 16.6. The van der Waals surface area contributed by atoms with Crippen LogP contribution >= 0.6 is 0 Å². The highest BCUT2D eigenvalue weighted by Gasteiger charge is 2.25. The lowest BCUT2D eigenvalue weighted by Crippen LogP contribution is -2.13. The second-order valence-electron chi connectivity index (χ2n) is 15.6. The first-order valence-corrected chi connectivity index (χ1v) is 21.3. The summed E-state index contributed by atoms with van der Waals surface area (Å²) in [5, 5.41) is 2.51. The third-order valence-corrected chi connectivity index (χ3v) is 12.0. The van der Waals surface area contributed by atoms with E-state index in [-0.39, 0.29) is 0 Å². The first-order valence-electron chi connectivity index (χ1n) is 21.3. The summed E-state index contributed by atoms with van der Waals surface area (Å²) in [7, 11) is 0. The molecule has 0 atom stereocenters. The molecule has 0 N–H and O–H groups in total. The lowest BCUT2D eigenvalue weighted by Gasteiger charge is -2.31. The topological polar surface area (TPSA) is 8.17 Å². The van der Waals surface area contributed by atoms with Gasteiger partial charge in [-0.2, -0.15) is 0 Å². The van der Waals surface area contributed by atoms with Crippen molar-refractivity contribution in [3.8, 4) is 61.3 Å². The Labute approximate surface area is 362 Å². The Balaban J connectivity index is 1.15. The van der Waals surface area contributed by atoms with Crippen molar-refractivity contribution in [3.05, 3.63) is 255 Å². The van der Waals surface area contributed by atoms with Gasteiger partial charge in [-0.15, -0.1) is 0 Å². The number of fused-ring (bicyclic) bond motifs is 3. The average molecular weight is 791 g/mol. The largest absolute Gasteiger partial charge is 0.309 e. The lowest BCUT2D eigenvalue weighted by molar-refractivity contribution is 1.18. The van der Waals surface area contributed by atoms with Crippen LogP contribution in [0.3, 0.4) is 0 Å². The Morgan fingerprint density at radius 2 is 0.677 bits per heavy atom. The third-order valence-electron chi connectivity index (χ3n) is 12.0. The van der Waals surface area contributed by atoms with Gasteiger partial charge in [-0.1, -0.05) is 212 Å². The zero-order chi connectivity index (χ0) is 41.2. The quantitative estimate of drug-likeness (QED) is 0.141. The minimum atomic E-state index is 1.06. The molecule has 0 spiro atoms. The minimum Gasteiger partial charge on any atom is -0.309 e. The molecule has 0 saturated carbocycles. The molecule has 1 aromatic heterocycles. The summed E-state index contributed by atoms with van der Waals surface area (Å²) >= 11 is 0. The smallest absolute Gasteiger partial charge is 0.0546 e. The number of hydrogen-bond donors (Lipinski definition) is 0. The Bertz CT molecular complexity index is 3280. The van der Waals surface area contributed by atoms with Crippen LogP contribution in [0.2, 0.25) is 0 Å². The molecule has 0 saturated heterocycles. The maximum absolute atomic E-state index is 2.47. The van der Waals surface area contributed by atoms with Crippen molar-refractivity contribution in [3.63, 3.8) is 0 Å². The fourth-order valence-corrected chi connectivity index (χ4v) is 9.26. The Hall–Kier alpha value is -8.20. The van der Waals surface area contributed by atoms with E-state index in [0.29, 0.717) is 0 Å². The van der Waals surface area contributed by atoms with Crippen molar-refractivity contribution in [1.29, 1.82) is 0 Å². The van der Waals surface area contributed by atoms with E-state index in [1.54, 1.807) is 0 Å². The molecule has 0 amide bonds. The van der Waals surface area contributed by atoms with Gasteiger partial charge < -0.3 is 9.47 Å². The maximum Gasteiger partial charge on any atom is 0.0546 e. The monoisotopic (exact) mass is 790 g/mol. The van der Waals surface area contributed by atoms with Crippen LogP contribution in [-0.4, -0.2) is 4.57 Å². The van der Waals surface area contributed by atoms with Crippen LogP contribution in [0.25, 0.3) is 83.1 Å². The lowest BCUT2D eigenvalue weighted by atomic mass is 9.87. The first kappa shape index (κ1) is 36.8. The molecular weight excluding hydrogens is 749 g/mol. The Morgan fingerprint density at radius 1 is 0.258 bits per heavy atom. The number of rotatable bonds is 9. The van der Waals surface area contributed by atoms with E-state index < -0.39 is 0 Å². The molecule has 0 fully saturated rings. The van der Waals surface area contributed by atoms with Gasteiger partial charge in [-0.25, -0.2) is 0 Å². The summed E-state index contributed by atoms with van der Waals surface area (Å²) in [5.41, 5.74) is 18.5. The predicted molar refractivity (Wildman–Crippen MR) is 263 cm³/mol. The van der Waals surface area contributed by atoms with Gasteiger partial charge in [0.05, 0.1) is 28.1 Å². The average Bonchev–Trinajstić information content (AvgIpc) is 3.69. The van der Waals surface area contributed by atoms with Crippen molar-refractivity contribution >= 4 is 38.9 Å². The highest BCUT2D eigenvalue weighted by molar-refractivity contribution is 6.10. The molecule has 2 heteroatoms.